The molecule has 0 saturated heterocycles. The first-order chi connectivity index (χ1) is 10.7. The average molecular weight is 304 g/mol. The van der Waals surface area contributed by atoms with E-state index in [9.17, 15) is 4.79 Å². The minimum Gasteiger partial charge on any atom is -0.465 e. The van der Waals surface area contributed by atoms with E-state index in [1.165, 1.54) is 6.42 Å². The summed E-state index contributed by atoms with van der Waals surface area (Å²) >= 11 is 0. The molecule has 0 N–H and O–H groups in total. The summed E-state index contributed by atoms with van der Waals surface area (Å²) in [6, 6.07) is 8.07. The van der Waals surface area contributed by atoms with E-state index in [0.717, 1.165) is 30.6 Å². The number of carbonyl (C=O) groups is 1. The number of unbranched alkanes of at least 4 members (excludes halogenated alkanes) is 1. The van der Waals surface area contributed by atoms with Crippen molar-refractivity contribution >= 4 is 5.78 Å². The fraction of sp³-hybridized carbons (Fsp3) is 0.526. The molecule has 0 aliphatic carbocycles. The van der Waals surface area contributed by atoms with Gasteiger partial charge in [-0.05, 0) is 18.9 Å². The van der Waals surface area contributed by atoms with Gasteiger partial charge in [0.25, 0.3) is 0 Å². The second kappa shape index (κ2) is 11.0. The van der Waals surface area contributed by atoms with Crippen molar-refractivity contribution < 1.29 is 14.3 Å². The first-order valence-corrected chi connectivity index (χ1v) is 8.20. The molecule has 1 unspecified atom stereocenters. The zero-order valence-corrected chi connectivity index (χ0v) is 13.8. The molecule has 3 nitrogen and oxygen atoms in total. The lowest BCUT2D eigenvalue weighted by molar-refractivity contribution is -0.118. The summed E-state index contributed by atoms with van der Waals surface area (Å²) in [6.07, 6.45) is 7.22. The molecule has 0 saturated carbocycles. The molecular weight excluding hydrogens is 276 g/mol. The number of benzene rings is 1. The Bertz CT molecular complexity index is 454. The van der Waals surface area contributed by atoms with E-state index in [-0.39, 0.29) is 6.29 Å². The topological polar surface area (TPSA) is 35.5 Å². The van der Waals surface area contributed by atoms with Crippen molar-refractivity contribution in [1.29, 1.82) is 0 Å². The van der Waals surface area contributed by atoms with Crippen LogP contribution in [-0.2, 0) is 16.1 Å². The van der Waals surface area contributed by atoms with Gasteiger partial charge in [0, 0.05) is 24.8 Å². The Morgan fingerprint density at radius 2 is 2.14 bits per heavy atom. The lowest BCUT2D eigenvalue weighted by Crippen LogP contribution is -2.25. The molecule has 1 atom stereocenters. The molecule has 0 fully saturated rings. The third-order valence-corrected chi connectivity index (χ3v) is 3.47. The Kier molecular flexibility index (Phi) is 9.24. The van der Waals surface area contributed by atoms with Crippen LogP contribution in [0.1, 0.15) is 57.9 Å². The van der Waals surface area contributed by atoms with Gasteiger partial charge < -0.3 is 9.47 Å². The van der Waals surface area contributed by atoms with Gasteiger partial charge in [-0.25, -0.2) is 0 Å². The molecule has 1 aliphatic rings. The van der Waals surface area contributed by atoms with Crippen LogP contribution in [0.25, 0.3) is 0 Å². The summed E-state index contributed by atoms with van der Waals surface area (Å²) in [5.74, 6) is 1.31. The van der Waals surface area contributed by atoms with Gasteiger partial charge in [0.05, 0.1) is 6.61 Å². The summed E-state index contributed by atoms with van der Waals surface area (Å²) in [7, 11) is 0. The van der Waals surface area contributed by atoms with E-state index in [1.54, 1.807) is 6.08 Å². The highest BCUT2D eigenvalue weighted by molar-refractivity contribution is 5.78. The van der Waals surface area contributed by atoms with Crippen molar-refractivity contribution in [3.8, 4) is 5.75 Å². The van der Waals surface area contributed by atoms with Crippen molar-refractivity contribution in [3.63, 3.8) is 0 Å². The van der Waals surface area contributed by atoms with Gasteiger partial charge in [0.1, 0.15) is 11.5 Å². The lowest BCUT2D eigenvalue weighted by atomic mass is 10.2. The van der Waals surface area contributed by atoms with Crippen LogP contribution < -0.4 is 4.74 Å². The van der Waals surface area contributed by atoms with E-state index in [1.807, 2.05) is 31.2 Å². The molecule has 1 heterocycles. The van der Waals surface area contributed by atoms with Crippen molar-refractivity contribution in [2.75, 3.05) is 0 Å². The highest BCUT2D eigenvalue weighted by Gasteiger charge is 2.18. The predicted octanol–water partition coefficient (Wildman–Crippen LogP) is 5.04. The van der Waals surface area contributed by atoms with E-state index < -0.39 is 0 Å². The number of rotatable bonds is 7. The smallest absolute Gasteiger partial charge is 0.200 e. The maximum absolute atomic E-state index is 10.5. The van der Waals surface area contributed by atoms with Crippen LogP contribution in [0, 0.1) is 0 Å². The van der Waals surface area contributed by atoms with Gasteiger partial charge in [-0.1, -0.05) is 44.5 Å². The van der Waals surface area contributed by atoms with E-state index in [4.69, 9.17) is 9.47 Å². The Hall–Kier alpha value is -1.61. The molecule has 1 aromatic rings. The molecule has 0 spiro atoms. The monoisotopic (exact) mass is 304 g/mol. The zero-order valence-electron chi connectivity index (χ0n) is 13.8. The molecule has 1 aromatic carbocycles. The lowest BCUT2D eigenvalue weighted by Gasteiger charge is -2.26. The number of para-hydroxylation sites is 1. The van der Waals surface area contributed by atoms with Crippen molar-refractivity contribution in [3.05, 3.63) is 42.5 Å². The van der Waals surface area contributed by atoms with Crippen LogP contribution >= 0.6 is 0 Å². The number of ketones is 1. The maximum atomic E-state index is 10.5. The largest absolute Gasteiger partial charge is 0.465 e. The summed E-state index contributed by atoms with van der Waals surface area (Å²) in [5, 5.41) is 0. The molecule has 0 bridgehead atoms. The third kappa shape index (κ3) is 6.90. The summed E-state index contributed by atoms with van der Waals surface area (Å²) in [5.41, 5.74) is 1.15. The molecule has 0 amide bonds. The number of ether oxygens (including phenoxy) is 2. The molecule has 122 valence electrons. The first-order valence-electron chi connectivity index (χ1n) is 8.20. The first kappa shape index (κ1) is 18.4. The summed E-state index contributed by atoms with van der Waals surface area (Å²) in [4.78, 5) is 10.5. The highest BCUT2D eigenvalue weighted by atomic mass is 16.7. The number of hydrogen-bond acceptors (Lipinski definition) is 3. The van der Waals surface area contributed by atoms with Gasteiger partial charge in [-0.15, -0.1) is 6.58 Å². The van der Waals surface area contributed by atoms with Crippen LogP contribution in [0.15, 0.2) is 36.9 Å². The fourth-order valence-corrected chi connectivity index (χ4v) is 2.05. The van der Waals surface area contributed by atoms with Crippen LogP contribution in [0.5, 0.6) is 5.75 Å². The Morgan fingerprint density at radius 3 is 2.82 bits per heavy atom. The van der Waals surface area contributed by atoms with Gasteiger partial charge in [0.15, 0.2) is 6.29 Å². The van der Waals surface area contributed by atoms with Gasteiger partial charge in [-0.3, -0.25) is 4.79 Å². The molecule has 0 radical (unpaired) electrons. The molecule has 2 rings (SSSR count). The van der Waals surface area contributed by atoms with Crippen LogP contribution in [-0.4, -0.2) is 12.1 Å². The molecular formula is C19H28O3. The van der Waals surface area contributed by atoms with E-state index >= 15 is 0 Å². The summed E-state index contributed by atoms with van der Waals surface area (Å²) < 4.78 is 11.3. The molecule has 3 heteroatoms. The Labute approximate surface area is 134 Å². The standard InChI is InChI=1S/C12H16O2.C7H12O/c1-2-3-8-12-13-9-10-6-4-5-7-11(10)14-12;1-3-5-6-7(8)4-2/h4-7,12H,2-3,8-9H2,1H3;3H,1,4-6H2,2H3. The molecule has 22 heavy (non-hydrogen) atoms. The predicted molar refractivity (Wildman–Crippen MR) is 89.9 cm³/mol. The van der Waals surface area contributed by atoms with E-state index in [2.05, 4.69) is 13.5 Å². The summed E-state index contributed by atoms with van der Waals surface area (Å²) in [6.45, 7) is 8.26. The molecule has 1 aliphatic heterocycles. The minimum atomic E-state index is -0.0372. The van der Waals surface area contributed by atoms with E-state index in [0.29, 0.717) is 25.2 Å². The molecule has 0 aromatic heterocycles. The zero-order chi connectivity index (χ0) is 16.2. The highest BCUT2D eigenvalue weighted by Crippen LogP contribution is 2.26. The Balaban J connectivity index is 0.000000261. The van der Waals surface area contributed by atoms with Gasteiger partial charge in [0.2, 0.25) is 0 Å². The normalized spacial score (nSPS) is 15.8. The quantitative estimate of drug-likeness (QED) is 0.662. The number of Topliss-reactive ketones (excluding diaryl/α,β-unsaturated/α-hetero) is 1. The number of hydrogen-bond donors (Lipinski definition) is 0. The fourth-order valence-electron chi connectivity index (χ4n) is 2.05. The van der Waals surface area contributed by atoms with Crippen molar-refractivity contribution in [1.82, 2.24) is 0 Å². The average Bonchev–Trinajstić information content (AvgIpc) is 2.58. The van der Waals surface area contributed by atoms with Gasteiger partial charge in [-0.2, -0.15) is 0 Å². The van der Waals surface area contributed by atoms with Crippen LogP contribution in [0.2, 0.25) is 0 Å². The van der Waals surface area contributed by atoms with Crippen molar-refractivity contribution in [2.45, 2.75) is 65.3 Å². The van der Waals surface area contributed by atoms with Gasteiger partial charge >= 0.3 is 0 Å². The second-order valence-electron chi connectivity index (χ2n) is 5.33. The second-order valence-corrected chi connectivity index (χ2v) is 5.33. The number of fused-ring (bicyclic) bond motifs is 1. The van der Waals surface area contributed by atoms with Crippen molar-refractivity contribution in [2.24, 2.45) is 0 Å². The third-order valence-electron chi connectivity index (χ3n) is 3.47. The number of allylic oxidation sites excluding steroid dienone is 1. The number of carbonyl (C=O) groups excluding carboxylic acids is 1. The Morgan fingerprint density at radius 1 is 1.36 bits per heavy atom. The minimum absolute atomic E-state index is 0.0372. The van der Waals surface area contributed by atoms with Crippen LogP contribution in [0.3, 0.4) is 0 Å². The SMILES string of the molecule is C=CCCC(=O)CC.CCCCC1OCc2ccccc2O1. The van der Waals surface area contributed by atoms with Crippen LogP contribution in [0.4, 0.5) is 0 Å². The maximum Gasteiger partial charge on any atom is 0.200 e.